The van der Waals surface area contributed by atoms with Crippen molar-refractivity contribution in [2.45, 2.75) is 62.3 Å². The number of aryl methyl sites for hydroxylation is 1. The molecule has 4 rings (SSSR count). The normalized spacial score (nSPS) is 16.3. The summed E-state index contributed by atoms with van der Waals surface area (Å²) in [6.45, 7) is 10.7. The zero-order chi connectivity index (χ0) is 21.5. The molecule has 160 valence electrons. The molecule has 0 saturated carbocycles. The summed E-state index contributed by atoms with van der Waals surface area (Å²) in [6, 6.07) is 8.59. The summed E-state index contributed by atoms with van der Waals surface area (Å²) in [5.74, 6) is 1.52. The number of fused-ring (bicyclic) bond motifs is 1. The Morgan fingerprint density at radius 3 is 2.43 bits per heavy atom. The van der Waals surface area contributed by atoms with Crippen molar-refractivity contribution in [2.24, 2.45) is 5.92 Å². The first-order chi connectivity index (χ1) is 14.2. The third-order valence-corrected chi connectivity index (χ3v) is 7.41. The summed E-state index contributed by atoms with van der Waals surface area (Å²) >= 11 is 0. The van der Waals surface area contributed by atoms with Gasteiger partial charge in [0.1, 0.15) is 5.82 Å². The maximum Gasteiger partial charge on any atom is 0.208 e. The lowest BCUT2D eigenvalue weighted by molar-refractivity contribution is 0.0611. The maximum atomic E-state index is 13.1. The average molecular weight is 428 g/mol. The molecule has 1 aliphatic rings. The lowest BCUT2D eigenvalue weighted by atomic mass is 9.94. The first kappa shape index (κ1) is 21.0. The fraction of sp³-hybridized carbons (Fsp3) is 0.478. The van der Waals surface area contributed by atoms with E-state index in [4.69, 9.17) is 9.72 Å². The zero-order valence-electron chi connectivity index (χ0n) is 18.1. The molecule has 1 aliphatic heterocycles. The van der Waals surface area contributed by atoms with Gasteiger partial charge in [-0.3, -0.25) is 4.98 Å². The predicted molar refractivity (Wildman–Crippen MR) is 116 cm³/mol. The number of pyridine rings is 1. The zero-order valence-corrected chi connectivity index (χ0v) is 18.9. The van der Waals surface area contributed by atoms with Gasteiger partial charge in [-0.05, 0) is 56.0 Å². The molecule has 0 radical (unpaired) electrons. The highest BCUT2D eigenvalue weighted by atomic mass is 32.2. The lowest BCUT2D eigenvalue weighted by Gasteiger charge is -2.26. The van der Waals surface area contributed by atoms with Gasteiger partial charge in [0, 0.05) is 37.1 Å². The number of sulfone groups is 1. The molecule has 6 nitrogen and oxygen atoms in total. The van der Waals surface area contributed by atoms with Crippen molar-refractivity contribution in [3.8, 4) is 0 Å². The van der Waals surface area contributed by atoms with Gasteiger partial charge >= 0.3 is 0 Å². The number of benzene rings is 1. The Hall–Kier alpha value is -2.25. The molecule has 3 aromatic rings. The summed E-state index contributed by atoms with van der Waals surface area (Å²) in [4.78, 5) is 9.47. The van der Waals surface area contributed by atoms with E-state index in [-0.39, 0.29) is 15.2 Å². The van der Waals surface area contributed by atoms with Crippen LogP contribution in [-0.2, 0) is 26.5 Å². The van der Waals surface area contributed by atoms with Crippen molar-refractivity contribution >= 4 is 20.9 Å². The summed E-state index contributed by atoms with van der Waals surface area (Å²) in [5.41, 5.74) is 2.33. The Labute approximate surface area is 178 Å². The highest BCUT2D eigenvalue weighted by Gasteiger charge is 2.27. The van der Waals surface area contributed by atoms with Crippen LogP contribution in [0.4, 0.5) is 0 Å². The van der Waals surface area contributed by atoms with Crippen LogP contribution in [0.5, 0.6) is 0 Å². The molecule has 30 heavy (non-hydrogen) atoms. The van der Waals surface area contributed by atoms with E-state index in [1.165, 1.54) is 6.20 Å². The van der Waals surface area contributed by atoms with E-state index in [2.05, 4.69) is 30.3 Å². The van der Waals surface area contributed by atoms with Gasteiger partial charge in [-0.25, -0.2) is 13.4 Å². The summed E-state index contributed by atoms with van der Waals surface area (Å²) in [7, 11) is -3.64. The molecule has 0 spiro atoms. The third-order valence-electron chi connectivity index (χ3n) is 5.68. The Morgan fingerprint density at radius 2 is 1.80 bits per heavy atom. The van der Waals surface area contributed by atoms with Crippen LogP contribution >= 0.6 is 0 Å². The van der Waals surface area contributed by atoms with E-state index >= 15 is 0 Å². The van der Waals surface area contributed by atoms with Gasteiger partial charge in [-0.2, -0.15) is 0 Å². The molecule has 0 amide bonds. The molecule has 1 fully saturated rings. The SMILES string of the molecule is Cc1ccc(S(=O)(=O)c2ccc3c(c2)nc(C(C)(C)C)n3CC2CCOCC2)cn1. The molecular formula is C23H29N3O3S. The van der Waals surface area contributed by atoms with Crippen LogP contribution in [0.25, 0.3) is 11.0 Å². The van der Waals surface area contributed by atoms with Gasteiger partial charge in [-0.1, -0.05) is 20.8 Å². The monoisotopic (exact) mass is 427 g/mol. The molecule has 7 heteroatoms. The Balaban J connectivity index is 1.78. The van der Waals surface area contributed by atoms with E-state index in [0.717, 1.165) is 49.6 Å². The first-order valence-corrected chi connectivity index (χ1v) is 11.9. The smallest absolute Gasteiger partial charge is 0.208 e. The van der Waals surface area contributed by atoms with Crippen LogP contribution < -0.4 is 0 Å². The second-order valence-electron chi connectivity index (χ2n) is 9.14. The third kappa shape index (κ3) is 4.01. The lowest BCUT2D eigenvalue weighted by Crippen LogP contribution is -2.25. The molecule has 3 heterocycles. The number of aromatic nitrogens is 3. The maximum absolute atomic E-state index is 13.1. The molecule has 0 unspecified atom stereocenters. The van der Waals surface area contributed by atoms with E-state index in [1.54, 1.807) is 24.3 Å². The first-order valence-electron chi connectivity index (χ1n) is 10.4. The van der Waals surface area contributed by atoms with Crippen molar-refractivity contribution in [1.82, 2.24) is 14.5 Å². The predicted octanol–water partition coefficient (Wildman–Crippen LogP) is 4.30. The number of nitrogens with zero attached hydrogens (tertiary/aromatic N) is 3. The molecular weight excluding hydrogens is 398 g/mol. The second-order valence-corrected chi connectivity index (χ2v) is 11.1. The summed E-state index contributed by atoms with van der Waals surface area (Å²) < 4.78 is 34.0. The van der Waals surface area contributed by atoms with Gasteiger partial charge in [-0.15, -0.1) is 0 Å². The van der Waals surface area contributed by atoms with Gasteiger partial charge in [0.2, 0.25) is 9.84 Å². The summed E-state index contributed by atoms with van der Waals surface area (Å²) in [5, 5.41) is 0. The van der Waals surface area contributed by atoms with Crippen molar-refractivity contribution in [3.63, 3.8) is 0 Å². The van der Waals surface area contributed by atoms with Crippen LogP contribution in [0, 0.1) is 12.8 Å². The van der Waals surface area contributed by atoms with Crippen molar-refractivity contribution < 1.29 is 13.2 Å². The minimum atomic E-state index is -3.64. The van der Waals surface area contributed by atoms with Gasteiger partial charge in [0.25, 0.3) is 0 Å². The Kier molecular flexibility index (Phi) is 5.45. The number of hydrogen-bond donors (Lipinski definition) is 0. The molecule has 0 aliphatic carbocycles. The largest absolute Gasteiger partial charge is 0.381 e. The molecule has 1 saturated heterocycles. The Morgan fingerprint density at radius 1 is 1.10 bits per heavy atom. The molecule has 2 aromatic heterocycles. The molecule has 1 aromatic carbocycles. The number of hydrogen-bond acceptors (Lipinski definition) is 5. The molecule has 0 N–H and O–H groups in total. The van der Waals surface area contributed by atoms with Gasteiger partial charge in [0.15, 0.2) is 0 Å². The van der Waals surface area contributed by atoms with Gasteiger partial charge in [0.05, 0.1) is 20.8 Å². The van der Waals surface area contributed by atoms with E-state index in [1.807, 2.05) is 13.0 Å². The number of imidazole rings is 1. The van der Waals surface area contributed by atoms with Crippen molar-refractivity contribution in [1.29, 1.82) is 0 Å². The fourth-order valence-electron chi connectivity index (χ4n) is 3.97. The standard InChI is InChI=1S/C23H29N3O3S/c1-16-5-6-19(14-24-16)30(27,28)18-7-8-21-20(13-18)25-22(23(2,3)4)26(21)15-17-9-11-29-12-10-17/h5-8,13-14,17H,9-12,15H2,1-4H3. The fourth-order valence-corrected chi connectivity index (χ4v) is 5.20. The van der Waals surface area contributed by atoms with E-state index in [9.17, 15) is 8.42 Å². The van der Waals surface area contributed by atoms with Crippen molar-refractivity contribution in [3.05, 3.63) is 48.0 Å². The van der Waals surface area contributed by atoms with Crippen LogP contribution in [0.3, 0.4) is 0 Å². The van der Waals surface area contributed by atoms with Crippen LogP contribution in [0.2, 0.25) is 0 Å². The molecule has 0 atom stereocenters. The topological polar surface area (TPSA) is 74.1 Å². The van der Waals surface area contributed by atoms with E-state index < -0.39 is 9.84 Å². The second kappa shape index (κ2) is 7.78. The van der Waals surface area contributed by atoms with Crippen LogP contribution in [0.1, 0.15) is 45.1 Å². The van der Waals surface area contributed by atoms with Crippen LogP contribution in [-0.4, -0.2) is 36.2 Å². The highest BCUT2D eigenvalue weighted by molar-refractivity contribution is 7.91. The van der Waals surface area contributed by atoms with E-state index in [0.29, 0.717) is 11.4 Å². The summed E-state index contributed by atoms with van der Waals surface area (Å²) in [6.07, 6.45) is 3.49. The minimum absolute atomic E-state index is 0.149. The van der Waals surface area contributed by atoms with Gasteiger partial charge < -0.3 is 9.30 Å². The quantitative estimate of drug-likeness (QED) is 0.621. The number of rotatable bonds is 4. The average Bonchev–Trinajstić information content (AvgIpc) is 3.07. The highest BCUT2D eigenvalue weighted by Crippen LogP contribution is 2.31. The molecule has 0 bridgehead atoms. The van der Waals surface area contributed by atoms with Crippen molar-refractivity contribution in [2.75, 3.05) is 13.2 Å². The Bertz CT molecular complexity index is 1150. The number of ether oxygens (including phenoxy) is 1. The minimum Gasteiger partial charge on any atom is -0.381 e. The van der Waals surface area contributed by atoms with Crippen LogP contribution in [0.15, 0.2) is 46.3 Å².